The third-order valence-corrected chi connectivity index (χ3v) is 23.4. The van der Waals surface area contributed by atoms with Crippen LogP contribution >= 0.6 is 0 Å². The Bertz CT molecular complexity index is 6660. The van der Waals surface area contributed by atoms with Gasteiger partial charge in [0.15, 0.2) is 0 Å². The van der Waals surface area contributed by atoms with Crippen molar-refractivity contribution < 1.29 is 0 Å². The average Bonchev–Trinajstić information content (AvgIpc) is 0.802. The van der Waals surface area contributed by atoms with E-state index in [0.717, 1.165) is 0 Å². The predicted octanol–water partition coefficient (Wildman–Crippen LogP) is 35.7. The molecule has 0 unspecified atom stereocenters. The molecule has 0 heterocycles. The van der Waals surface area contributed by atoms with Crippen molar-refractivity contribution in [2.75, 3.05) is 24.5 Å². The Hall–Kier alpha value is -14.8. The van der Waals surface area contributed by atoms with E-state index in [9.17, 15) is 0 Å². The van der Waals surface area contributed by atoms with Crippen LogP contribution in [0.2, 0.25) is 0 Å². The topological polar surface area (TPSA) is 16.2 Å². The maximum absolute atomic E-state index is 2.45. The second kappa shape index (κ2) is 40.9. The first-order valence-electron chi connectivity index (χ1n) is 45.6. The molecule has 0 aromatic heterocycles. The van der Waals surface area contributed by atoms with Crippen molar-refractivity contribution in [2.24, 2.45) is 0 Å². The van der Waals surface area contributed by atoms with Crippen LogP contribution in [0.15, 0.2) is 473 Å². The number of anilines is 10. The Morgan fingerprint density at radius 3 is 0.846 bits per heavy atom. The summed E-state index contributed by atoms with van der Waals surface area (Å²) >= 11 is 0. The first-order chi connectivity index (χ1) is 62.9. The third kappa shape index (κ3) is 21.9. The van der Waals surface area contributed by atoms with Crippen LogP contribution in [0, 0.1) is 0 Å². The zero-order valence-corrected chi connectivity index (χ0v) is 77.8. The molecule has 0 bridgehead atoms. The second-order valence-electron chi connectivity index (χ2n) is 37.4. The highest BCUT2D eigenvalue weighted by atomic mass is 15.2. The summed E-state index contributed by atoms with van der Waals surface area (Å²) < 4.78 is 0. The van der Waals surface area contributed by atoms with Gasteiger partial charge in [-0.15, -0.1) is 0 Å². The van der Waals surface area contributed by atoms with E-state index in [-0.39, 0.29) is 22.2 Å². The molecule has 19 rings (SSSR count). The smallest absolute Gasteiger partial charge is 0.0495 e. The number of benzene rings is 19. The molecule has 0 saturated carbocycles. The molecule has 130 heavy (non-hydrogen) atoms. The monoisotopic (exact) mass is 1690 g/mol. The van der Waals surface area contributed by atoms with Gasteiger partial charge in [0.25, 0.3) is 0 Å². The molecule has 0 aliphatic heterocycles. The Balaban J connectivity index is 0.000000125. The molecule has 19 aromatic rings. The number of hydrogen-bond acceptors (Lipinski definition) is 5. The van der Waals surface area contributed by atoms with Crippen molar-refractivity contribution in [1.29, 1.82) is 0 Å². The lowest BCUT2D eigenvalue weighted by Crippen LogP contribution is -2.37. The van der Waals surface area contributed by atoms with Crippen molar-refractivity contribution in [3.63, 3.8) is 0 Å². The molecular formula is C125H121N5. The van der Waals surface area contributed by atoms with Gasteiger partial charge in [0.2, 0.25) is 0 Å². The van der Waals surface area contributed by atoms with Gasteiger partial charge in [0, 0.05) is 101 Å². The molecule has 0 atom stereocenters. The summed E-state index contributed by atoms with van der Waals surface area (Å²) in [5, 5.41) is 10.3. The van der Waals surface area contributed by atoms with Crippen molar-refractivity contribution in [2.45, 2.75) is 125 Å². The van der Waals surface area contributed by atoms with Crippen LogP contribution in [0.3, 0.4) is 0 Å². The minimum atomic E-state index is -0.0649. The first kappa shape index (κ1) is 90.0. The van der Waals surface area contributed by atoms with Crippen LogP contribution < -0.4 is 24.5 Å². The second-order valence-corrected chi connectivity index (χ2v) is 37.4. The Labute approximate surface area is 773 Å². The quantitative estimate of drug-likeness (QED) is 0.0955. The van der Waals surface area contributed by atoms with E-state index in [1.54, 1.807) is 0 Å². The van der Waals surface area contributed by atoms with Gasteiger partial charge in [0.1, 0.15) is 0 Å². The average molecular weight is 1690 g/mol. The maximum atomic E-state index is 2.45. The lowest BCUT2D eigenvalue weighted by Gasteiger charge is -2.39. The van der Waals surface area contributed by atoms with Gasteiger partial charge in [-0.3, -0.25) is 0 Å². The van der Waals surface area contributed by atoms with Gasteiger partial charge in [-0.1, -0.05) is 364 Å². The molecule has 19 aromatic carbocycles. The molecule has 0 fully saturated rings. The summed E-state index contributed by atoms with van der Waals surface area (Å²) in [5.41, 5.74) is 24.6. The molecular weight excluding hydrogens is 1570 g/mol. The minimum Gasteiger partial charge on any atom is -0.338 e. The van der Waals surface area contributed by atoms with E-state index < -0.39 is 0 Å². The standard InChI is InChI=1S/C28H27N.2C26H25N.C23H21N.C22H23N/c1-28(2,3)29(26-18-10-16-24(20-26)22-12-6-4-7-13-22)27-19-11-17-25(21-27)23-14-8-5-9-15-23;1-26(2,3)27(22-12-5-4-6-13-22)23-18-16-21(17-19-23)25-15-9-11-20-10-7-8-14-24(20)25;1-26(2,3)27(24-11-5-4-6-12-24)25-17-15-21(16-18-25)23-14-13-20-9-7-8-10-22(20)19-23;1-17(2)24(22-15-7-11-18-9-3-5-13-20(18)22)23-16-8-12-19-10-4-6-14-21(19)23;1-22(2,3)23(19-14-8-5-9-15-19)21-17-11-10-16-20(21)18-12-6-4-7-13-18/h4-21H,1-3H3;2*4-19H,1-3H3;3-17H,1-2H3;4-17H,1-3H3. The summed E-state index contributed by atoms with van der Waals surface area (Å²) in [6.45, 7) is 31.5. The van der Waals surface area contributed by atoms with E-state index in [0.29, 0.717) is 6.04 Å². The Morgan fingerprint density at radius 2 is 0.415 bits per heavy atom. The molecule has 0 aliphatic rings. The van der Waals surface area contributed by atoms with Gasteiger partial charge in [0.05, 0.1) is 0 Å². The number of fused-ring (bicyclic) bond motifs is 4. The normalized spacial score (nSPS) is 11.4. The molecule has 5 heteroatoms. The lowest BCUT2D eigenvalue weighted by molar-refractivity contribution is 0.560. The van der Waals surface area contributed by atoms with Crippen LogP contribution in [0.5, 0.6) is 0 Å². The summed E-state index contributed by atoms with van der Waals surface area (Å²) in [6, 6.07) is 169. The summed E-state index contributed by atoms with van der Waals surface area (Å²) in [4.78, 5) is 12.1. The highest BCUT2D eigenvalue weighted by Gasteiger charge is 2.29. The van der Waals surface area contributed by atoms with Crippen LogP contribution in [-0.4, -0.2) is 28.2 Å². The first-order valence-corrected chi connectivity index (χ1v) is 45.6. The fourth-order valence-electron chi connectivity index (χ4n) is 17.8. The fraction of sp³-hybridized carbons (Fsp3) is 0.152. The molecule has 0 N–H and O–H groups in total. The lowest BCUT2D eigenvalue weighted by atomic mass is 9.97. The number of nitrogens with zero attached hydrogens (tertiary/aromatic N) is 5. The molecule has 0 amide bonds. The maximum Gasteiger partial charge on any atom is 0.0495 e. The van der Waals surface area contributed by atoms with Gasteiger partial charge in [-0.2, -0.15) is 0 Å². The van der Waals surface area contributed by atoms with Crippen LogP contribution in [-0.2, 0) is 0 Å². The van der Waals surface area contributed by atoms with Gasteiger partial charge in [-0.05, 0) is 289 Å². The molecule has 646 valence electrons. The van der Waals surface area contributed by atoms with E-state index >= 15 is 0 Å². The van der Waals surface area contributed by atoms with E-state index in [4.69, 9.17) is 0 Å². The minimum absolute atomic E-state index is 0.00812. The van der Waals surface area contributed by atoms with Crippen molar-refractivity contribution in [3.8, 4) is 55.6 Å². The van der Waals surface area contributed by atoms with E-state index in [2.05, 4.69) is 595 Å². The summed E-state index contributed by atoms with van der Waals surface area (Å²) in [5.74, 6) is 0. The fourth-order valence-corrected chi connectivity index (χ4v) is 17.8. The zero-order chi connectivity index (χ0) is 90.8. The molecule has 0 saturated heterocycles. The van der Waals surface area contributed by atoms with Gasteiger partial charge < -0.3 is 24.5 Å². The Kier molecular flexibility index (Phi) is 28.3. The predicted molar refractivity (Wildman–Crippen MR) is 566 cm³/mol. The Morgan fingerprint density at radius 1 is 0.162 bits per heavy atom. The summed E-state index contributed by atoms with van der Waals surface area (Å²) in [7, 11) is 0. The number of hydrogen-bond donors (Lipinski definition) is 0. The highest BCUT2D eigenvalue weighted by Crippen LogP contribution is 2.45. The van der Waals surface area contributed by atoms with Gasteiger partial charge in [-0.25, -0.2) is 0 Å². The highest BCUT2D eigenvalue weighted by molar-refractivity contribution is 6.02. The molecule has 5 nitrogen and oxygen atoms in total. The molecule has 0 aliphatic carbocycles. The van der Waals surface area contributed by atoms with Crippen molar-refractivity contribution in [1.82, 2.24) is 0 Å². The van der Waals surface area contributed by atoms with Crippen LogP contribution in [0.25, 0.3) is 98.7 Å². The molecule has 0 spiro atoms. The van der Waals surface area contributed by atoms with Crippen molar-refractivity contribution in [3.05, 3.63) is 473 Å². The number of para-hydroxylation sites is 4. The van der Waals surface area contributed by atoms with Crippen molar-refractivity contribution >= 4 is 100.0 Å². The van der Waals surface area contributed by atoms with E-state index in [1.807, 2.05) is 0 Å². The van der Waals surface area contributed by atoms with Crippen LogP contribution in [0.4, 0.5) is 56.9 Å². The summed E-state index contributed by atoms with van der Waals surface area (Å²) in [6.07, 6.45) is 0. The molecule has 0 radical (unpaired) electrons. The largest absolute Gasteiger partial charge is 0.338 e. The van der Waals surface area contributed by atoms with Crippen LogP contribution in [0.1, 0.15) is 96.9 Å². The zero-order valence-electron chi connectivity index (χ0n) is 77.8. The number of rotatable bonds is 16. The third-order valence-electron chi connectivity index (χ3n) is 23.4. The SMILES string of the molecule is CC(C)(C)N(c1cccc(-c2ccccc2)c1)c1cccc(-c2ccccc2)c1.CC(C)(C)N(c1ccccc1)c1ccc(-c2ccc3ccccc3c2)cc1.CC(C)(C)N(c1ccccc1)c1ccc(-c2cccc3ccccc23)cc1.CC(C)(C)N(c1ccccc1)c1ccccc1-c1ccccc1.CC(C)N(c1cccc2ccccc12)c1cccc2ccccc12. The van der Waals surface area contributed by atoms with E-state index in [1.165, 1.54) is 156 Å². The van der Waals surface area contributed by atoms with Gasteiger partial charge >= 0.3 is 0 Å².